The molecule has 6 nitrogen and oxygen atoms in total. The van der Waals surface area contributed by atoms with Gasteiger partial charge >= 0.3 is 6.18 Å². The fraction of sp³-hybridized carbons (Fsp3) is 0.643. The number of nitrogens with zero attached hydrogens (tertiary/aromatic N) is 3. The van der Waals surface area contributed by atoms with Crippen LogP contribution in [0.2, 0.25) is 0 Å². The van der Waals surface area contributed by atoms with E-state index in [-0.39, 0.29) is 29.5 Å². The van der Waals surface area contributed by atoms with Crippen molar-refractivity contribution in [3.63, 3.8) is 0 Å². The summed E-state index contributed by atoms with van der Waals surface area (Å²) in [6, 6.07) is 0.140. The molecule has 0 aliphatic heterocycles. The van der Waals surface area contributed by atoms with Crippen LogP contribution in [0.25, 0.3) is 11.2 Å². The Morgan fingerprint density at radius 2 is 2.04 bits per heavy atom. The van der Waals surface area contributed by atoms with Gasteiger partial charge in [-0.2, -0.15) is 13.2 Å². The Kier molecular flexibility index (Phi) is 3.22. The molecule has 0 radical (unpaired) electrons. The van der Waals surface area contributed by atoms with Crippen molar-refractivity contribution < 1.29 is 13.2 Å². The molecule has 9 heteroatoms. The van der Waals surface area contributed by atoms with Crippen LogP contribution in [0.1, 0.15) is 31.5 Å². The number of H-pyrrole nitrogens is 1. The minimum Gasteiger partial charge on any atom is -0.365 e. The minimum absolute atomic E-state index is 0.0140. The molecule has 0 amide bonds. The molecule has 0 unspecified atom stereocenters. The smallest absolute Gasteiger partial charge is 0.365 e. The van der Waals surface area contributed by atoms with Crippen molar-refractivity contribution in [2.24, 2.45) is 17.6 Å². The molecule has 3 aliphatic carbocycles. The number of nitrogens with one attached hydrogen (secondary N) is 2. The monoisotopic (exact) mass is 326 g/mol. The van der Waals surface area contributed by atoms with Crippen molar-refractivity contribution in [3.8, 4) is 0 Å². The van der Waals surface area contributed by atoms with Gasteiger partial charge in [-0.15, -0.1) is 0 Å². The molecule has 3 aliphatic rings. The van der Waals surface area contributed by atoms with E-state index in [1.165, 1.54) is 6.33 Å². The van der Waals surface area contributed by atoms with Crippen molar-refractivity contribution >= 4 is 17.0 Å². The Bertz CT molecular complexity index is 727. The number of anilines is 1. The van der Waals surface area contributed by atoms with Crippen molar-refractivity contribution in [1.82, 2.24) is 19.9 Å². The number of hydrogen-bond donors (Lipinski definition) is 3. The van der Waals surface area contributed by atoms with Crippen LogP contribution in [-0.4, -0.2) is 32.0 Å². The molecule has 23 heavy (non-hydrogen) atoms. The third kappa shape index (κ3) is 2.52. The molecule has 3 fully saturated rings. The zero-order valence-corrected chi connectivity index (χ0v) is 12.3. The van der Waals surface area contributed by atoms with E-state index >= 15 is 0 Å². The molecule has 4 N–H and O–H groups in total. The summed E-state index contributed by atoms with van der Waals surface area (Å²) < 4.78 is 38.9. The van der Waals surface area contributed by atoms with Crippen molar-refractivity contribution in [2.45, 2.75) is 43.9 Å². The Hall–Kier alpha value is -1.90. The molecule has 0 spiro atoms. The highest BCUT2D eigenvalue weighted by atomic mass is 19.4. The summed E-state index contributed by atoms with van der Waals surface area (Å²) in [5.41, 5.74) is 6.59. The highest BCUT2D eigenvalue weighted by Gasteiger charge is 2.41. The maximum absolute atomic E-state index is 13.0. The molecule has 124 valence electrons. The average molecular weight is 326 g/mol. The summed E-state index contributed by atoms with van der Waals surface area (Å²) in [5.74, 6) is -0.217. The Morgan fingerprint density at radius 1 is 1.22 bits per heavy atom. The predicted octanol–water partition coefficient (Wildman–Crippen LogP) is 2.30. The highest BCUT2D eigenvalue weighted by Crippen LogP contribution is 2.42. The van der Waals surface area contributed by atoms with E-state index in [0.717, 1.165) is 25.7 Å². The first kappa shape index (κ1) is 14.7. The molecule has 4 atom stereocenters. The van der Waals surface area contributed by atoms with E-state index in [2.05, 4.69) is 25.3 Å². The number of nitrogens with two attached hydrogens (primary N) is 1. The lowest BCUT2D eigenvalue weighted by Crippen LogP contribution is -2.51. The van der Waals surface area contributed by atoms with Crippen molar-refractivity contribution in [2.75, 3.05) is 5.32 Å². The second-order valence-corrected chi connectivity index (χ2v) is 6.49. The molecular formula is C14H17F3N6. The van der Waals surface area contributed by atoms with Crippen LogP contribution < -0.4 is 11.1 Å². The van der Waals surface area contributed by atoms with Crippen LogP contribution >= 0.6 is 0 Å². The summed E-state index contributed by atoms with van der Waals surface area (Å²) in [4.78, 5) is 13.8. The van der Waals surface area contributed by atoms with Crippen LogP contribution in [0.5, 0.6) is 0 Å². The average Bonchev–Trinajstić information content (AvgIpc) is 2.95. The molecule has 2 aromatic rings. The standard InChI is InChI=1S/C14H17F3N6/c15-14(16,17)13-22-11-10(19-5-20-11)12(23-13)21-9-4-6-1-2-7(9)8(18)3-6/h5-9H,1-4,18H2,(H2,19,20,21,22,23)/t6-,7+,8-,9+/m1/s1. The number of halogens is 3. The Morgan fingerprint density at radius 3 is 2.74 bits per heavy atom. The van der Waals surface area contributed by atoms with Gasteiger partial charge in [-0.3, -0.25) is 0 Å². The number of aromatic amines is 1. The summed E-state index contributed by atoms with van der Waals surface area (Å²) in [6.07, 6.45) is 0.786. The SMILES string of the molecule is N[C@@H]1C[C@H]2CC[C@@H]1[C@@H](Nc1nc(C(F)(F)F)nc3nc[nH]c13)C2. The number of imidazole rings is 1. The van der Waals surface area contributed by atoms with Gasteiger partial charge in [-0.05, 0) is 37.5 Å². The van der Waals surface area contributed by atoms with Gasteiger partial charge in [0.2, 0.25) is 5.82 Å². The topological polar surface area (TPSA) is 92.5 Å². The number of alkyl halides is 3. The van der Waals surface area contributed by atoms with E-state index in [4.69, 9.17) is 5.73 Å². The van der Waals surface area contributed by atoms with Gasteiger partial charge in [-0.25, -0.2) is 15.0 Å². The summed E-state index contributed by atoms with van der Waals surface area (Å²) in [7, 11) is 0. The van der Waals surface area contributed by atoms with E-state index in [0.29, 0.717) is 11.4 Å². The van der Waals surface area contributed by atoms with Gasteiger partial charge in [0.25, 0.3) is 0 Å². The molecule has 0 aromatic carbocycles. The first-order chi connectivity index (χ1) is 10.9. The maximum Gasteiger partial charge on any atom is 0.451 e. The van der Waals surface area contributed by atoms with E-state index in [1.54, 1.807) is 0 Å². The first-order valence-electron chi connectivity index (χ1n) is 7.72. The Balaban J connectivity index is 1.69. The fourth-order valence-electron chi connectivity index (χ4n) is 3.97. The summed E-state index contributed by atoms with van der Waals surface area (Å²) in [6.45, 7) is 0. The first-order valence-corrected chi connectivity index (χ1v) is 7.72. The second kappa shape index (κ2) is 5.05. The minimum atomic E-state index is -4.61. The van der Waals surface area contributed by atoms with Gasteiger partial charge in [0, 0.05) is 12.1 Å². The third-order valence-electron chi connectivity index (χ3n) is 5.03. The quantitative estimate of drug-likeness (QED) is 0.787. The van der Waals surface area contributed by atoms with Gasteiger partial charge in [0.1, 0.15) is 5.52 Å². The van der Waals surface area contributed by atoms with Gasteiger partial charge < -0.3 is 16.0 Å². The zero-order chi connectivity index (χ0) is 16.2. The molecule has 2 aromatic heterocycles. The van der Waals surface area contributed by atoms with Gasteiger partial charge in [0.05, 0.1) is 6.33 Å². The number of fused-ring (bicyclic) bond motifs is 4. The lowest BCUT2D eigenvalue weighted by atomic mass is 9.65. The molecule has 0 saturated heterocycles. The molecular weight excluding hydrogens is 309 g/mol. The lowest BCUT2D eigenvalue weighted by molar-refractivity contribution is -0.144. The summed E-state index contributed by atoms with van der Waals surface area (Å²) >= 11 is 0. The predicted molar refractivity (Wildman–Crippen MR) is 77.5 cm³/mol. The van der Waals surface area contributed by atoms with E-state index in [9.17, 15) is 13.2 Å². The molecule has 5 rings (SSSR count). The van der Waals surface area contributed by atoms with Crippen LogP contribution in [0.3, 0.4) is 0 Å². The molecule has 2 heterocycles. The zero-order valence-electron chi connectivity index (χ0n) is 12.3. The highest BCUT2D eigenvalue weighted by molar-refractivity contribution is 5.82. The van der Waals surface area contributed by atoms with Crippen molar-refractivity contribution in [1.29, 1.82) is 0 Å². The lowest BCUT2D eigenvalue weighted by Gasteiger charge is -2.46. The summed E-state index contributed by atoms with van der Waals surface area (Å²) in [5, 5.41) is 3.18. The van der Waals surface area contributed by atoms with Crippen LogP contribution in [-0.2, 0) is 6.18 Å². The van der Waals surface area contributed by atoms with Gasteiger partial charge in [0.15, 0.2) is 11.5 Å². The van der Waals surface area contributed by atoms with Crippen molar-refractivity contribution in [3.05, 3.63) is 12.2 Å². The van der Waals surface area contributed by atoms with Crippen LogP contribution in [0, 0.1) is 11.8 Å². The van der Waals surface area contributed by atoms with E-state index < -0.39 is 12.0 Å². The molecule has 3 saturated carbocycles. The number of hydrogen-bond acceptors (Lipinski definition) is 5. The van der Waals surface area contributed by atoms with Crippen LogP contribution in [0.4, 0.5) is 19.0 Å². The fourth-order valence-corrected chi connectivity index (χ4v) is 3.97. The van der Waals surface area contributed by atoms with E-state index in [1.807, 2.05) is 0 Å². The number of aromatic nitrogens is 4. The van der Waals surface area contributed by atoms with Gasteiger partial charge in [-0.1, -0.05) is 0 Å². The maximum atomic E-state index is 13.0. The number of rotatable bonds is 2. The largest absolute Gasteiger partial charge is 0.451 e. The normalized spacial score (nSPS) is 30.8. The third-order valence-corrected chi connectivity index (χ3v) is 5.03. The Labute approximate surface area is 130 Å². The van der Waals surface area contributed by atoms with Crippen LogP contribution in [0.15, 0.2) is 6.33 Å². The second-order valence-electron chi connectivity index (χ2n) is 6.49. The molecule has 2 bridgehead atoms.